The molecule has 3 heterocycles. The van der Waals surface area contributed by atoms with Crippen molar-refractivity contribution in [2.45, 2.75) is 18.9 Å². The van der Waals surface area contributed by atoms with Crippen LogP contribution in [0, 0.1) is 5.92 Å². The van der Waals surface area contributed by atoms with E-state index in [0.717, 1.165) is 29.7 Å². The summed E-state index contributed by atoms with van der Waals surface area (Å²) in [5, 5.41) is 23.8. The molecular weight excluding hydrogens is 412 g/mol. The third kappa shape index (κ3) is 2.85. The number of aromatic nitrogens is 1. The molecule has 29 heavy (non-hydrogen) atoms. The quantitative estimate of drug-likeness (QED) is 0.640. The molecular formula is C20H14N2O5S2. The number of fused-ring (bicyclic) bond motifs is 1. The fourth-order valence-electron chi connectivity index (χ4n) is 3.51. The number of thiophene rings is 1. The number of Topliss-reactive ketones (excluding diaryl/α,β-unsaturated/α-hetero) is 1. The van der Waals surface area contributed by atoms with E-state index in [-0.39, 0.29) is 22.8 Å². The molecule has 9 heteroatoms. The third-order valence-electron chi connectivity index (χ3n) is 5.11. The van der Waals surface area contributed by atoms with Gasteiger partial charge in [-0.2, -0.15) is 11.3 Å². The first-order chi connectivity index (χ1) is 14.0. The van der Waals surface area contributed by atoms with Gasteiger partial charge in [-0.25, -0.2) is 9.78 Å². The first-order valence-corrected chi connectivity index (χ1v) is 10.7. The Labute approximate surface area is 172 Å². The highest BCUT2D eigenvalue weighted by atomic mass is 32.1. The number of nitrogens with zero attached hydrogens (tertiary/aromatic N) is 2. The number of carboxylic acids is 1. The zero-order chi connectivity index (χ0) is 20.3. The van der Waals surface area contributed by atoms with Gasteiger partial charge >= 0.3 is 5.97 Å². The van der Waals surface area contributed by atoms with Crippen LogP contribution in [0.5, 0.6) is 0 Å². The minimum Gasteiger partial charge on any atom is -0.503 e. The topological polar surface area (TPSA) is 108 Å². The number of benzene rings is 1. The molecule has 3 aromatic rings. The number of thiazole rings is 1. The van der Waals surface area contributed by atoms with Gasteiger partial charge in [0.2, 0.25) is 0 Å². The van der Waals surface area contributed by atoms with Crippen LogP contribution >= 0.6 is 22.7 Å². The summed E-state index contributed by atoms with van der Waals surface area (Å²) in [4.78, 5) is 42.9. The Kier molecular flexibility index (Phi) is 4.04. The SMILES string of the molecule is O=C(O)c1ccc2nc(N3C(=O)C(O)=C(C(=O)C4CC4)C3c3ccsc3)sc2c1. The summed E-state index contributed by atoms with van der Waals surface area (Å²) in [5.74, 6) is -2.57. The first kappa shape index (κ1) is 18.0. The maximum atomic E-state index is 13.0. The average Bonchev–Trinajstić information content (AvgIpc) is 3.14. The number of carbonyl (C=O) groups excluding carboxylic acids is 2. The van der Waals surface area contributed by atoms with E-state index >= 15 is 0 Å². The van der Waals surface area contributed by atoms with E-state index < -0.39 is 23.7 Å². The molecule has 1 aliphatic carbocycles. The molecule has 2 aromatic heterocycles. The van der Waals surface area contributed by atoms with Crippen LogP contribution in [-0.2, 0) is 9.59 Å². The Morgan fingerprint density at radius 3 is 2.66 bits per heavy atom. The number of anilines is 1. The molecule has 7 nitrogen and oxygen atoms in total. The molecule has 2 N–H and O–H groups in total. The molecule has 146 valence electrons. The average molecular weight is 426 g/mol. The van der Waals surface area contributed by atoms with Gasteiger partial charge in [-0.1, -0.05) is 11.3 Å². The predicted octanol–water partition coefficient (Wildman–Crippen LogP) is 3.94. The number of amides is 1. The van der Waals surface area contributed by atoms with Gasteiger partial charge in [-0.05, 0) is 53.4 Å². The number of aliphatic hydroxyl groups excluding tert-OH is 1. The maximum Gasteiger partial charge on any atom is 0.335 e. The minimum atomic E-state index is -1.05. The molecule has 2 aliphatic rings. The van der Waals surface area contributed by atoms with Crippen LogP contribution in [0.4, 0.5) is 5.13 Å². The highest BCUT2D eigenvalue weighted by molar-refractivity contribution is 7.22. The van der Waals surface area contributed by atoms with E-state index in [1.54, 1.807) is 6.07 Å². The van der Waals surface area contributed by atoms with Crippen molar-refractivity contribution in [1.29, 1.82) is 0 Å². The lowest BCUT2D eigenvalue weighted by molar-refractivity contribution is -0.118. The zero-order valence-electron chi connectivity index (χ0n) is 14.9. The normalized spacial score (nSPS) is 19.4. The van der Waals surface area contributed by atoms with E-state index in [9.17, 15) is 24.6 Å². The summed E-state index contributed by atoms with van der Waals surface area (Å²) in [6.07, 6.45) is 1.53. The van der Waals surface area contributed by atoms with Gasteiger partial charge in [-0.15, -0.1) is 0 Å². The smallest absolute Gasteiger partial charge is 0.335 e. The molecule has 1 aliphatic heterocycles. The van der Waals surface area contributed by atoms with Crippen molar-refractivity contribution in [3.63, 3.8) is 0 Å². The fraction of sp³-hybridized carbons (Fsp3) is 0.200. The van der Waals surface area contributed by atoms with Crippen molar-refractivity contribution >= 4 is 55.7 Å². The molecule has 0 bridgehead atoms. The van der Waals surface area contributed by atoms with Crippen molar-refractivity contribution in [1.82, 2.24) is 4.98 Å². The van der Waals surface area contributed by atoms with Crippen LogP contribution < -0.4 is 4.90 Å². The zero-order valence-corrected chi connectivity index (χ0v) is 16.5. The van der Waals surface area contributed by atoms with Crippen LogP contribution in [0.2, 0.25) is 0 Å². The molecule has 1 atom stereocenters. The molecule has 0 saturated heterocycles. The van der Waals surface area contributed by atoms with Crippen molar-refractivity contribution in [2.75, 3.05) is 4.90 Å². The maximum absolute atomic E-state index is 13.0. The Bertz CT molecular complexity index is 1210. The van der Waals surface area contributed by atoms with Gasteiger partial charge in [0.25, 0.3) is 5.91 Å². The summed E-state index contributed by atoms with van der Waals surface area (Å²) in [7, 11) is 0. The molecule has 1 saturated carbocycles. The number of ketones is 1. The Morgan fingerprint density at radius 1 is 1.21 bits per heavy atom. The van der Waals surface area contributed by atoms with Crippen molar-refractivity contribution in [3.05, 3.63) is 57.5 Å². The second-order valence-corrected chi connectivity index (χ2v) is 8.81. The van der Waals surface area contributed by atoms with E-state index in [4.69, 9.17) is 0 Å². The Morgan fingerprint density at radius 2 is 2.00 bits per heavy atom. The summed E-state index contributed by atoms with van der Waals surface area (Å²) < 4.78 is 0.609. The second-order valence-electron chi connectivity index (χ2n) is 7.02. The lowest BCUT2D eigenvalue weighted by Crippen LogP contribution is -2.30. The first-order valence-electron chi connectivity index (χ1n) is 8.92. The van der Waals surface area contributed by atoms with Crippen LogP contribution in [0.25, 0.3) is 10.2 Å². The van der Waals surface area contributed by atoms with Gasteiger partial charge in [0.15, 0.2) is 16.7 Å². The van der Waals surface area contributed by atoms with Crippen LogP contribution in [-0.4, -0.2) is 32.9 Å². The number of aliphatic hydroxyl groups is 1. The number of rotatable bonds is 5. The lowest BCUT2D eigenvalue weighted by Gasteiger charge is -2.23. The fourth-order valence-corrected chi connectivity index (χ4v) is 5.22. The van der Waals surface area contributed by atoms with Gasteiger partial charge < -0.3 is 10.2 Å². The number of hydrogen-bond donors (Lipinski definition) is 2. The van der Waals surface area contributed by atoms with Gasteiger partial charge in [-0.3, -0.25) is 14.5 Å². The van der Waals surface area contributed by atoms with Gasteiger partial charge in [0.05, 0.1) is 27.4 Å². The predicted molar refractivity (Wildman–Crippen MR) is 109 cm³/mol. The molecule has 1 unspecified atom stereocenters. The minimum absolute atomic E-state index is 0.125. The lowest BCUT2D eigenvalue weighted by atomic mass is 9.96. The number of carbonyl (C=O) groups is 3. The summed E-state index contributed by atoms with van der Waals surface area (Å²) in [5.41, 5.74) is 1.54. The highest BCUT2D eigenvalue weighted by Gasteiger charge is 2.48. The summed E-state index contributed by atoms with van der Waals surface area (Å²) in [6.45, 7) is 0. The van der Waals surface area contributed by atoms with Crippen LogP contribution in [0.3, 0.4) is 0 Å². The Hall–Kier alpha value is -3.04. The molecule has 5 rings (SSSR count). The molecule has 1 amide bonds. The highest BCUT2D eigenvalue weighted by Crippen LogP contribution is 2.46. The van der Waals surface area contributed by atoms with Crippen molar-refractivity contribution < 1.29 is 24.6 Å². The second kappa shape index (κ2) is 6.50. The molecule has 0 spiro atoms. The molecule has 1 aromatic carbocycles. The van der Waals surface area contributed by atoms with E-state index in [1.165, 1.54) is 28.4 Å². The number of carboxylic acid groups (broad SMARTS) is 1. The van der Waals surface area contributed by atoms with Crippen LogP contribution in [0.1, 0.15) is 34.8 Å². The molecule has 1 fully saturated rings. The largest absolute Gasteiger partial charge is 0.503 e. The van der Waals surface area contributed by atoms with E-state index in [1.807, 2.05) is 16.8 Å². The van der Waals surface area contributed by atoms with Crippen molar-refractivity contribution in [2.24, 2.45) is 5.92 Å². The number of hydrogen-bond acceptors (Lipinski definition) is 7. The number of aromatic carboxylic acids is 1. The summed E-state index contributed by atoms with van der Waals surface area (Å²) in [6, 6.07) is 5.63. The Balaban J connectivity index is 1.63. The van der Waals surface area contributed by atoms with Gasteiger partial charge in [0, 0.05) is 5.92 Å². The van der Waals surface area contributed by atoms with Crippen molar-refractivity contribution in [3.8, 4) is 0 Å². The standard InChI is InChI=1S/C20H14N2O5S2/c23-16(9-1-2-9)14-15(11-5-6-28-8-11)22(18(25)17(14)24)20-21-12-4-3-10(19(26)27)7-13(12)29-20/h3-9,15,24H,1-2H2,(H,26,27). The van der Waals surface area contributed by atoms with Crippen LogP contribution in [0.15, 0.2) is 46.4 Å². The summed E-state index contributed by atoms with van der Waals surface area (Å²) >= 11 is 2.59. The van der Waals surface area contributed by atoms with E-state index in [2.05, 4.69) is 4.98 Å². The van der Waals surface area contributed by atoms with Gasteiger partial charge in [0.1, 0.15) is 0 Å². The molecule has 0 radical (unpaired) electrons. The monoisotopic (exact) mass is 426 g/mol. The van der Waals surface area contributed by atoms with E-state index in [0.29, 0.717) is 15.3 Å². The third-order valence-corrected chi connectivity index (χ3v) is 6.83.